The largest absolute Gasteiger partial charge is 0.307 e. The van der Waals surface area contributed by atoms with Crippen LogP contribution in [0.15, 0.2) is 48.5 Å². The van der Waals surface area contributed by atoms with Gasteiger partial charge in [-0.15, -0.1) is 0 Å². The van der Waals surface area contributed by atoms with Gasteiger partial charge >= 0.3 is 0 Å². The Balaban J connectivity index is 2.11. The summed E-state index contributed by atoms with van der Waals surface area (Å²) in [5, 5.41) is 13.6. The molecule has 0 spiro atoms. The van der Waals surface area contributed by atoms with Gasteiger partial charge in [0.2, 0.25) is 5.91 Å². The lowest BCUT2D eigenvalue weighted by atomic mass is 10.1. The monoisotopic (exact) mass is 303 g/mol. The number of amides is 1. The Morgan fingerprint density at radius 1 is 1.24 bits per heavy atom. The Kier molecular flexibility index (Phi) is 4.63. The number of aromatic nitrogens is 1. The second-order valence-corrected chi connectivity index (χ2v) is 4.37. The lowest BCUT2D eigenvalue weighted by molar-refractivity contribution is -0.385. The molecule has 0 aliphatic carbocycles. The van der Waals surface area contributed by atoms with Crippen LogP contribution >= 0.6 is 11.6 Å². The average molecular weight is 304 g/mol. The SMILES string of the molecule is O=C(/C=C/c1ccccc1[N+](=O)[O-])Nc1cccc(Cl)n1. The third-order valence-corrected chi connectivity index (χ3v) is 2.72. The molecule has 2 rings (SSSR count). The van der Waals surface area contributed by atoms with E-state index in [1.165, 1.54) is 18.2 Å². The van der Waals surface area contributed by atoms with Crippen LogP contribution in [-0.4, -0.2) is 15.8 Å². The van der Waals surface area contributed by atoms with Crippen molar-refractivity contribution in [3.8, 4) is 0 Å². The number of nitrogens with one attached hydrogen (secondary N) is 1. The summed E-state index contributed by atoms with van der Waals surface area (Å²) in [5.41, 5.74) is 0.277. The van der Waals surface area contributed by atoms with Crippen LogP contribution in [0.1, 0.15) is 5.56 Å². The highest BCUT2D eigenvalue weighted by molar-refractivity contribution is 6.29. The van der Waals surface area contributed by atoms with Gasteiger partial charge in [0.15, 0.2) is 0 Å². The summed E-state index contributed by atoms with van der Waals surface area (Å²) in [6.45, 7) is 0. The third-order valence-electron chi connectivity index (χ3n) is 2.51. The fourth-order valence-electron chi connectivity index (χ4n) is 1.61. The number of para-hydroxylation sites is 1. The number of hydrogen-bond donors (Lipinski definition) is 1. The summed E-state index contributed by atoms with van der Waals surface area (Å²) in [5.74, 6) is -0.150. The van der Waals surface area contributed by atoms with Crippen molar-refractivity contribution >= 4 is 35.1 Å². The number of nitrogens with zero attached hydrogens (tertiary/aromatic N) is 2. The van der Waals surface area contributed by atoms with Crippen molar-refractivity contribution in [3.63, 3.8) is 0 Å². The minimum absolute atomic E-state index is 0.0672. The average Bonchev–Trinajstić information content (AvgIpc) is 2.45. The molecular weight excluding hydrogens is 294 g/mol. The van der Waals surface area contributed by atoms with Crippen LogP contribution in [0.3, 0.4) is 0 Å². The summed E-state index contributed by atoms with van der Waals surface area (Å²) in [6, 6.07) is 11.0. The Morgan fingerprint density at radius 2 is 2.00 bits per heavy atom. The molecule has 0 fully saturated rings. The number of nitro groups is 1. The zero-order valence-corrected chi connectivity index (χ0v) is 11.4. The number of carbonyl (C=O) groups is 1. The minimum Gasteiger partial charge on any atom is -0.307 e. The number of carbonyl (C=O) groups excluding carboxylic acids is 1. The van der Waals surface area contributed by atoms with E-state index in [2.05, 4.69) is 10.3 Å². The first-order valence-corrected chi connectivity index (χ1v) is 6.29. The first-order valence-electron chi connectivity index (χ1n) is 5.91. The number of pyridine rings is 1. The van der Waals surface area contributed by atoms with Crippen molar-refractivity contribution in [1.82, 2.24) is 4.98 Å². The summed E-state index contributed by atoms with van der Waals surface area (Å²) < 4.78 is 0. The van der Waals surface area contributed by atoms with E-state index in [4.69, 9.17) is 11.6 Å². The smallest absolute Gasteiger partial charge is 0.276 e. The molecule has 0 unspecified atom stereocenters. The zero-order valence-electron chi connectivity index (χ0n) is 10.7. The van der Waals surface area contributed by atoms with Gasteiger partial charge in [0, 0.05) is 12.1 Å². The van der Waals surface area contributed by atoms with E-state index < -0.39 is 10.8 Å². The number of hydrogen-bond acceptors (Lipinski definition) is 4. The number of rotatable bonds is 4. The predicted octanol–water partition coefficient (Wildman–Crippen LogP) is 3.30. The Bertz CT molecular complexity index is 716. The maximum atomic E-state index is 11.7. The Morgan fingerprint density at radius 3 is 2.71 bits per heavy atom. The van der Waals surface area contributed by atoms with Crippen LogP contribution in [0, 0.1) is 10.1 Å². The summed E-state index contributed by atoms with van der Waals surface area (Å²) in [4.78, 5) is 26.0. The van der Waals surface area contributed by atoms with Crippen molar-refractivity contribution < 1.29 is 9.72 Å². The van der Waals surface area contributed by atoms with Gasteiger partial charge in [-0.3, -0.25) is 14.9 Å². The van der Waals surface area contributed by atoms with E-state index in [0.717, 1.165) is 0 Å². The first kappa shape index (κ1) is 14.7. The lowest BCUT2D eigenvalue weighted by Crippen LogP contribution is -2.09. The molecule has 2 aromatic rings. The molecule has 1 heterocycles. The van der Waals surface area contributed by atoms with Crippen LogP contribution in [0.25, 0.3) is 6.08 Å². The van der Waals surface area contributed by atoms with E-state index in [1.807, 2.05) is 0 Å². The maximum Gasteiger partial charge on any atom is 0.276 e. The normalized spacial score (nSPS) is 10.5. The second kappa shape index (κ2) is 6.62. The Hall–Kier alpha value is -2.73. The van der Waals surface area contributed by atoms with E-state index in [1.54, 1.807) is 36.4 Å². The molecule has 0 aliphatic heterocycles. The molecule has 21 heavy (non-hydrogen) atoms. The molecule has 0 bridgehead atoms. The van der Waals surface area contributed by atoms with Gasteiger partial charge in [-0.1, -0.05) is 29.8 Å². The van der Waals surface area contributed by atoms with E-state index in [-0.39, 0.29) is 10.8 Å². The van der Waals surface area contributed by atoms with Crippen molar-refractivity contribution in [2.45, 2.75) is 0 Å². The van der Waals surface area contributed by atoms with Crippen molar-refractivity contribution in [2.24, 2.45) is 0 Å². The number of nitro benzene ring substituents is 1. The quantitative estimate of drug-likeness (QED) is 0.406. The number of benzene rings is 1. The van der Waals surface area contributed by atoms with Crippen LogP contribution in [0.2, 0.25) is 5.15 Å². The summed E-state index contributed by atoms with van der Waals surface area (Å²) >= 11 is 5.70. The zero-order chi connectivity index (χ0) is 15.2. The second-order valence-electron chi connectivity index (χ2n) is 3.98. The van der Waals surface area contributed by atoms with Crippen LogP contribution < -0.4 is 5.32 Å². The lowest BCUT2D eigenvalue weighted by Gasteiger charge is -2.01. The van der Waals surface area contributed by atoms with Gasteiger partial charge in [0.05, 0.1) is 10.5 Å². The van der Waals surface area contributed by atoms with Gasteiger partial charge in [0.1, 0.15) is 11.0 Å². The van der Waals surface area contributed by atoms with Gasteiger partial charge < -0.3 is 5.32 Å². The molecule has 0 radical (unpaired) electrons. The third kappa shape index (κ3) is 4.12. The van der Waals surface area contributed by atoms with Crippen molar-refractivity contribution in [3.05, 3.63) is 69.4 Å². The standard InChI is InChI=1S/C14H10ClN3O3/c15-12-6-3-7-13(16-12)17-14(19)9-8-10-4-1-2-5-11(10)18(20)21/h1-9H,(H,16,17,19)/b9-8+. The van der Waals surface area contributed by atoms with Gasteiger partial charge in [-0.05, 0) is 24.3 Å². The van der Waals surface area contributed by atoms with Gasteiger partial charge in [-0.25, -0.2) is 4.98 Å². The van der Waals surface area contributed by atoms with Crippen molar-refractivity contribution in [2.75, 3.05) is 5.32 Å². The molecule has 1 amide bonds. The highest BCUT2D eigenvalue weighted by Crippen LogP contribution is 2.19. The molecular formula is C14H10ClN3O3. The first-order chi connectivity index (χ1) is 10.1. The molecule has 0 aliphatic rings. The van der Waals surface area contributed by atoms with Crippen LogP contribution in [0.5, 0.6) is 0 Å². The highest BCUT2D eigenvalue weighted by Gasteiger charge is 2.09. The molecule has 0 atom stereocenters. The molecule has 1 aromatic heterocycles. The molecule has 0 saturated carbocycles. The molecule has 6 nitrogen and oxygen atoms in total. The van der Waals surface area contributed by atoms with E-state index in [0.29, 0.717) is 11.4 Å². The summed E-state index contributed by atoms with van der Waals surface area (Å²) in [6.07, 6.45) is 2.57. The molecule has 1 aromatic carbocycles. The van der Waals surface area contributed by atoms with Crippen LogP contribution in [0.4, 0.5) is 11.5 Å². The van der Waals surface area contributed by atoms with Crippen LogP contribution in [-0.2, 0) is 4.79 Å². The van der Waals surface area contributed by atoms with E-state index in [9.17, 15) is 14.9 Å². The minimum atomic E-state index is -0.504. The number of anilines is 1. The maximum absolute atomic E-state index is 11.7. The fraction of sp³-hybridized carbons (Fsp3) is 0. The van der Waals surface area contributed by atoms with E-state index >= 15 is 0 Å². The Labute approximate surface area is 125 Å². The number of halogens is 1. The fourth-order valence-corrected chi connectivity index (χ4v) is 1.77. The molecule has 1 N–H and O–H groups in total. The predicted molar refractivity (Wildman–Crippen MR) is 80.0 cm³/mol. The molecule has 106 valence electrons. The molecule has 7 heteroatoms. The topological polar surface area (TPSA) is 85.1 Å². The van der Waals surface area contributed by atoms with Gasteiger partial charge in [-0.2, -0.15) is 0 Å². The summed E-state index contributed by atoms with van der Waals surface area (Å²) in [7, 11) is 0. The van der Waals surface area contributed by atoms with Crippen molar-refractivity contribution in [1.29, 1.82) is 0 Å². The molecule has 0 saturated heterocycles. The van der Waals surface area contributed by atoms with Gasteiger partial charge in [0.25, 0.3) is 5.69 Å². The highest BCUT2D eigenvalue weighted by atomic mass is 35.5.